The molecule has 1 N–H and O–H groups in total. The summed E-state index contributed by atoms with van der Waals surface area (Å²) in [6, 6.07) is 6.53. The highest BCUT2D eigenvalue weighted by molar-refractivity contribution is 5.39. The molecule has 1 aromatic heterocycles. The molecular formula is C16H20N4O2. The number of likely N-dealkylation sites (tertiary alicyclic amines) is 1. The average molecular weight is 300 g/mol. The van der Waals surface area contributed by atoms with E-state index in [9.17, 15) is 0 Å². The molecule has 0 spiro atoms. The Morgan fingerprint density at radius 2 is 2.36 bits per heavy atom. The fourth-order valence-electron chi connectivity index (χ4n) is 3.49. The first-order valence-corrected chi connectivity index (χ1v) is 7.69. The van der Waals surface area contributed by atoms with Crippen molar-refractivity contribution in [3.63, 3.8) is 0 Å². The lowest BCUT2D eigenvalue weighted by atomic mass is 10.0. The molecular weight excluding hydrogens is 280 g/mol. The van der Waals surface area contributed by atoms with Gasteiger partial charge < -0.3 is 9.47 Å². The summed E-state index contributed by atoms with van der Waals surface area (Å²) in [5.74, 6) is 1.32. The monoisotopic (exact) mass is 300 g/mol. The molecule has 116 valence electrons. The van der Waals surface area contributed by atoms with Gasteiger partial charge in [0.25, 0.3) is 0 Å². The van der Waals surface area contributed by atoms with Gasteiger partial charge in [-0.25, -0.2) is 0 Å². The predicted molar refractivity (Wildman–Crippen MR) is 80.8 cm³/mol. The molecule has 3 heterocycles. The zero-order valence-electron chi connectivity index (χ0n) is 12.7. The summed E-state index contributed by atoms with van der Waals surface area (Å²) in [7, 11) is 1.77. The van der Waals surface area contributed by atoms with Crippen molar-refractivity contribution in [1.29, 1.82) is 0 Å². The number of aromatic amines is 1. The Balaban J connectivity index is 1.47. The summed E-state index contributed by atoms with van der Waals surface area (Å²) in [4.78, 5) is 2.42. The molecule has 0 aliphatic carbocycles. The van der Waals surface area contributed by atoms with Gasteiger partial charge in [0.2, 0.25) is 0 Å². The quantitative estimate of drug-likeness (QED) is 0.923. The summed E-state index contributed by atoms with van der Waals surface area (Å²) in [5.41, 5.74) is 3.64. The van der Waals surface area contributed by atoms with Crippen LogP contribution in [0.2, 0.25) is 0 Å². The standard InChI is InChI=1S/C16H20N4O2/c1-21-16-10-20(9-13(16)14-7-17-19-18-14)8-11-2-3-15-12(6-11)4-5-22-15/h2-3,6-7,13,16H,4-5,8-10H2,1H3,(H,17,18,19)/t13-,16+/m0/s1. The highest BCUT2D eigenvalue weighted by Crippen LogP contribution is 2.30. The van der Waals surface area contributed by atoms with Gasteiger partial charge >= 0.3 is 0 Å². The fraction of sp³-hybridized carbons (Fsp3) is 0.500. The normalized spacial score (nSPS) is 24.4. The first-order chi connectivity index (χ1) is 10.8. The number of nitrogens with zero attached hydrogens (tertiary/aromatic N) is 3. The number of ether oxygens (including phenoxy) is 2. The van der Waals surface area contributed by atoms with E-state index < -0.39 is 0 Å². The lowest BCUT2D eigenvalue weighted by molar-refractivity contribution is 0.0957. The van der Waals surface area contributed by atoms with Crippen LogP contribution in [0.25, 0.3) is 0 Å². The second-order valence-electron chi connectivity index (χ2n) is 6.01. The Labute approximate surface area is 129 Å². The van der Waals surface area contributed by atoms with Crippen molar-refractivity contribution < 1.29 is 9.47 Å². The molecule has 2 aliphatic heterocycles. The third-order valence-electron chi connectivity index (χ3n) is 4.62. The number of H-pyrrole nitrogens is 1. The highest BCUT2D eigenvalue weighted by Gasteiger charge is 2.35. The van der Waals surface area contributed by atoms with Crippen molar-refractivity contribution in [3.8, 4) is 5.75 Å². The highest BCUT2D eigenvalue weighted by atomic mass is 16.5. The molecule has 0 saturated carbocycles. The summed E-state index contributed by atoms with van der Waals surface area (Å²) in [5, 5.41) is 10.8. The molecule has 22 heavy (non-hydrogen) atoms. The van der Waals surface area contributed by atoms with Gasteiger partial charge in [0.15, 0.2) is 0 Å². The largest absolute Gasteiger partial charge is 0.493 e. The minimum absolute atomic E-state index is 0.169. The third-order valence-corrected chi connectivity index (χ3v) is 4.62. The molecule has 0 bridgehead atoms. The van der Waals surface area contributed by atoms with E-state index in [1.54, 1.807) is 13.3 Å². The fourth-order valence-corrected chi connectivity index (χ4v) is 3.49. The number of hydrogen-bond acceptors (Lipinski definition) is 5. The van der Waals surface area contributed by atoms with Gasteiger partial charge in [0, 0.05) is 39.1 Å². The Morgan fingerprint density at radius 1 is 1.41 bits per heavy atom. The molecule has 6 nitrogen and oxygen atoms in total. The van der Waals surface area contributed by atoms with Gasteiger partial charge in [-0.1, -0.05) is 12.1 Å². The van der Waals surface area contributed by atoms with Crippen molar-refractivity contribution in [2.24, 2.45) is 0 Å². The summed E-state index contributed by atoms with van der Waals surface area (Å²) in [6.07, 6.45) is 2.99. The molecule has 2 aromatic rings. The summed E-state index contributed by atoms with van der Waals surface area (Å²) >= 11 is 0. The van der Waals surface area contributed by atoms with Crippen LogP contribution in [0.4, 0.5) is 0 Å². The molecule has 1 aromatic carbocycles. The third kappa shape index (κ3) is 2.48. The number of hydrogen-bond donors (Lipinski definition) is 1. The lowest BCUT2D eigenvalue weighted by Crippen LogP contribution is -2.22. The van der Waals surface area contributed by atoms with Crippen molar-refractivity contribution in [1.82, 2.24) is 20.3 Å². The van der Waals surface area contributed by atoms with Crippen LogP contribution in [0.1, 0.15) is 22.7 Å². The maximum absolute atomic E-state index is 5.65. The zero-order chi connectivity index (χ0) is 14.9. The van der Waals surface area contributed by atoms with Crippen LogP contribution in [-0.2, 0) is 17.7 Å². The first kappa shape index (κ1) is 13.7. The van der Waals surface area contributed by atoms with Gasteiger partial charge in [0.05, 0.1) is 24.6 Å². The second kappa shape index (κ2) is 5.70. The van der Waals surface area contributed by atoms with E-state index >= 15 is 0 Å². The van der Waals surface area contributed by atoms with Crippen LogP contribution < -0.4 is 4.74 Å². The molecule has 2 atom stereocenters. The molecule has 0 radical (unpaired) electrons. The van der Waals surface area contributed by atoms with E-state index in [0.29, 0.717) is 0 Å². The smallest absolute Gasteiger partial charge is 0.122 e. The zero-order valence-corrected chi connectivity index (χ0v) is 12.7. The molecule has 2 aliphatic rings. The van der Waals surface area contributed by atoms with Crippen LogP contribution in [-0.4, -0.2) is 53.2 Å². The van der Waals surface area contributed by atoms with Crippen LogP contribution in [0, 0.1) is 0 Å². The van der Waals surface area contributed by atoms with Gasteiger partial charge in [-0.15, -0.1) is 0 Å². The van der Waals surface area contributed by atoms with Crippen LogP contribution >= 0.6 is 0 Å². The number of methoxy groups -OCH3 is 1. The van der Waals surface area contributed by atoms with Crippen LogP contribution in [0.15, 0.2) is 24.4 Å². The first-order valence-electron chi connectivity index (χ1n) is 7.69. The number of fused-ring (bicyclic) bond motifs is 1. The average Bonchev–Trinajstić information content (AvgIpc) is 3.26. The Morgan fingerprint density at radius 3 is 3.18 bits per heavy atom. The Bertz CT molecular complexity index is 644. The number of aromatic nitrogens is 3. The van der Waals surface area contributed by atoms with E-state index in [2.05, 4.69) is 38.5 Å². The molecule has 1 fully saturated rings. The summed E-state index contributed by atoms with van der Waals surface area (Å²) in [6.45, 7) is 3.60. The number of nitrogens with one attached hydrogen (secondary N) is 1. The molecule has 6 heteroatoms. The number of rotatable bonds is 4. The molecule has 1 saturated heterocycles. The minimum Gasteiger partial charge on any atom is -0.493 e. The second-order valence-corrected chi connectivity index (χ2v) is 6.01. The maximum atomic E-state index is 5.65. The van der Waals surface area contributed by atoms with E-state index in [0.717, 1.165) is 44.1 Å². The molecule has 4 rings (SSSR count). The minimum atomic E-state index is 0.169. The van der Waals surface area contributed by atoms with Gasteiger partial charge in [-0.2, -0.15) is 15.4 Å². The van der Waals surface area contributed by atoms with Crippen molar-refractivity contribution >= 4 is 0 Å². The van der Waals surface area contributed by atoms with E-state index in [-0.39, 0.29) is 12.0 Å². The van der Waals surface area contributed by atoms with Crippen LogP contribution in [0.3, 0.4) is 0 Å². The van der Waals surface area contributed by atoms with E-state index in [4.69, 9.17) is 9.47 Å². The van der Waals surface area contributed by atoms with E-state index in [1.165, 1.54) is 11.1 Å². The predicted octanol–water partition coefficient (Wildman–Crippen LogP) is 1.35. The van der Waals surface area contributed by atoms with Gasteiger partial charge in [-0.05, 0) is 17.2 Å². The Kier molecular flexibility index (Phi) is 3.56. The van der Waals surface area contributed by atoms with Gasteiger partial charge in [-0.3, -0.25) is 4.90 Å². The van der Waals surface area contributed by atoms with Crippen molar-refractivity contribution in [2.45, 2.75) is 25.0 Å². The van der Waals surface area contributed by atoms with Crippen LogP contribution in [0.5, 0.6) is 5.75 Å². The number of benzene rings is 1. The van der Waals surface area contributed by atoms with Gasteiger partial charge in [0.1, 0.15) is 5.75 Å². The molecule has 0 unspecified atom stereocenters. The van der Waals surface area contributed by atoms with Crippen molar-refractivity contribution in [3.05, 3.63) is 41.2 Å². The van der Waals surface area contributed by atoms with Crippen molar-refractivity contribution in [2.75, 3.05) is 26.8 Å². The lowest BCUT2D eigenvalue weighted by Gasteiger charge is -2.15. The topological polar surface area (TPSA) is 63.3 Å². The maximum Gasteiger partial charge on any atom is 0.122 e. The Hall–Kier alpha value is -1.92. The summed E-state index contributed by atoms with van der Waals surface area (Å²) < 4.78 is 11.2. The SMILES string of the molecule is CO[C@@H]1CN(Cc2ccc3c(c2)CCO3)C[C@H]1c1cn[nH]n1. The molecule has 0 amide bonds. The van der Waals surface area contributed by atoms with E-state index in [1.807, 2.05) is 0 Å².